The summed E-state index contributed by atoms with van der Waals surface area (Å²) in [6.45, 7) is 8.37. The molecule has 3 saturated heterocycles. The first-order valence-electron chi connectivity index (χ1n) is 13.2. The van der Waals surface area contributed by atoms with E-state index in [4.69, 9.17) is 37.9 Å². The maximum absolute atomic E-state index is 13.2. The first kappa shape index (κ1) is 29.0. The van der Waals surface area contributed by atoms with Crippen LogP contribution in [-0.4, -0.2) is 97.5 Å². The van der Waals surface area contributed by atoms with Gasteiger partial charge in [-0.05, 0) is 33.8 Å². The number of epoxide rings is 3. The van der Waals surface area contributed by atoms with Crippen molar-refractivity contribution in [3.63, 3.8) is 0 Å². The van der Waals surface area contributed by atoms with Crippen molar-refractivity contribution in [1.29, 1.82) is 0 Å². The second-order valence-electron chi connectivity index (χ2n) is 11.2. The van der Waals surface area contributed by atoms with Gasteiger partial charge in [-0.1, -0.05) is 5.57 Å². The van der Waals surface area contributed by atoms with Crippen molar-refractivity contribution in [3.8, 4) is 0 Å². The Labute approximate surface area is 235 Å². The van der Waals surface area contributed by atoms with E-state index < -0.39 is 84.3 Å². The lowest BCUT2D eigenvalue weighted by atomic mass is 9.85. The van der Waals surface area contributed by atoms with Gasteiger partial charge >= 0.3 is 29.8 Å². The number of carbonyl (C=O) groups excluding carboxylic acids is 5. The molecule has 0 aromatic carbocycles. The van der Waals surface area contributed by atoms with Crippen molar-refractivity contribution in [1.82, 2.24) is 0 Å². The third-order valence-electron chi connectivity index (χ3n) is 7.46. The Morgan fingerprint density at radius 3 is 2.29 bits per heavy atom. The molecule has 1 aliphatic carbocycles. The van der Waals surface area contributed by atoms with Crippen LogP contribution < -0.4 is 0 Å². The fourth-order valence-corrected chi connectivity index (χ4v) is 5.09. The summed E-state index contributed by atoms with van der Waals surface area (Å²) in [5.41, 5.74) is -1.13. The molecule has 4 heterocycles. The van der Waals surface area contributed by atoms with Gasteiger partial charge in [0, 0.05) is 31.1 Å². The molecule has 0 bridgehead atoms. The summed E-state index contributed by atoms with van der Waals surface area (Å²) < 4.78 is 45.1. The number of allylic oxidation sites excluding steroid dienone is 1. The molecule has 0 saturated carbocycles. The Bertz CT molecular complexity index is 1280. The van der Waals surface area contributed by atoms with Gasteiger partial charge in [-0.15, -0.1) is 0 Å². The van der Waals surface area contributed by atoms with Crippen molar-refractivity contribution < 1.29 is 61.9 Å². The van der Waals surface area contributed by atoms with Gasteiger partial charge in [-0.25, -0.2) is 14.4 Å². The van der Waals surface area contributed by atoms with Crippen molar-refractivity contribution in [2.45, 2.75) is 89.4 Å². The molecule has 0 aromatic heterocycles. The molecular weight excluding hydrogens is 544 g/mol. The fraction of sp³-hybridized carbons (Fsp3) is 0.607. The second kappa shape index (κ2) is 10.4. The monoisotopic (exact) mass is 576 g/mol. The van der Waals surface area contributed by atoms with Crippen LogP contribution in [0.3, 0.4) is 0 Å². The van der Waals surface area contributed by atoms with Crippen LogP contribution >= 0.6 is 0 Å². The highest BCUT2D eigenvalue weighted by atomic mass is 16.7. The van der Waals surface area contributed by atoms with Gasteiger partial charge in [0.15, 0.2) is 23.9 Å². The third-order valence-corrected chi connectivity index (χ3v) is 7.46. The lowest BCUT2D eigenvalue weighted by Crippen LogP contribution is -2.45. The molecule has 222 valence electrons. The number of ether oxygens (including phenoxy) is 8. The molecule has 13 heteroatoms. The van der Waals surface area contributed by atoms with Gasteiger partial charge in [0.1, 0.15) is 37.1 Å². The van der Waals surface area contributed by atoms with Crippen LogP contribution in [0, 0.1) is 0 Å². The molecule has 4 aliphatic heterocycles. The number of hydrogen-bond acceptors (Lipinski definition) is 13. The SMILES string of the molecule is CC(=O)OCC1=C2C(OC(C)=O)C(OC(=O)C3(C)CO3)C(COC(=O)C=C(C)C)=CC3OC3C3(C)OC3C2OC1=O. The predicted octanol–water partition coefficient (Wildman–Crippen LogP) is 0.778. The zero-order valence-corrected chi connectivity index (χ0v) is 23.5. The number of rotatable bonds is 8. The maximum atomic E-state index is 13.2. The second-order valence-corrected chi connectivity index (χ2v) is 11.2. The molecule has 0 amide bonds. The zero-order chi connectivity index (χ0) is 29.9. The minimum absolute atomic E-state index is 0.0843. The van der Waals surface area contributed by atoms with Gasteiger partial charge in [0.25, 0.3) is 0 Å². The lowest BCUT2D eigenvalue weighted by molar-refractivity contribution is -0.166. The molecule has 0 aromatic rings. The van der Waals surface area contributed by atoms with Gasteiger partial charge in [0.2, 0.25) is 0 Å². The first-order chi connectivity index (χ1) is 19.2. The molecule has 0 radical (unpaired) electrons. The summed E-state index contributed by atoms with van der Waals surface area (Å²) in [6.07, 6.45) is -2.64. The Morgan fingerprint density at radius 1 is 0.976 bits per heavy atom. The normalized spacial score (nSPS) is 36.2. The van der Waals surface area contributed by atoms with E-state index in [0.29, 0.717) is 5.57 Å². The quantitative estimate of drug-likeness (QED) is 0.131. The van der Waals surface area contributed by atoms with Crippen LogP contribution in [0.2, 0.25) is 0 Å². The largest absolute Gasteiger partial charge is 0.461 e. The molecular formula is C28H32O13. The Morgan fingerprint density at radius 2 is 1.68 bits per heavy atom. The average molecular weight is 577 g/mol. The van der Waals surface area contributed by atoms with E-state index in [-0.39, 0.29) is 29.9 Å². The molecule has 3 fully saturated rings. The summed E-state index contributed by atoms with van der Waals surface area (Å²) in [5, 5.41) is 0. The highest BCUT2D eigenvalue weighted by Crippen LogP contribution is 2.55. The summed E-state index contributed by atoms with van der Waals surface area (Å²) in [4.78, 5) is 62.9. The average Bonchev–Trinajstić information content (AvgIpc) is 3.80. The van der Waals surface area contributed by atoms with Gasteiger partial charge in [-0.2, -0.15) is 0 Å². The van der Waals surface area contributed by atoms with E-state index in [0.717, 1.165) is 6.92 Å². The topological polar surface area (TPSA) is 169 Å². The van der Waals surface area contributed by atoms with Crippen molar-refractivity contribution >= 4 is 29.8 Å². The minimum Gasteiger partial charge on any atom is -0.461 e. The molecule has 41 heavy (non-hydrogen) atoms. The van der Waals surface area contributed by atoms with Crippen LogP contribution in [0.25, 0.3) is 0 Å². The van der Waals surface area contributed by atoms with Crippen molar-refractivity contribution in [2.24, 2.45) is 0 Å². The van der Waals surface area contributed by atoms with Crippen molar-refractivity contribution in [2.75, 3.05) is 19.8 Å². The summed E-state index contributed by atoms with van der Waals surface area (Å²) in [5.74, 6) is -3.64. The molecule has 8 atom stereocenters. The number of hydrogen-bond donors (Lipinski definition) is 0. The van der Waals surface area contributed by atoms with Gasteiger partial charge in [0.05, 0.1) is 12.2 Å². The van der Waals surface area contributed by atoms with E-state index >= 15 is 0 Å². The predicted molar refractivity (Wildman–Crippen MR) is 134 cm³/mol. The van der Waals surface area contributed by atoms with Crippen LogP contribution in [0.4, 0.5) is 0 Å². The summed E-state index contributed by atoms with van der Waals surface area (Å²) >= 11 is 0. The highest BCUT2D eigenvalue weighted by molar-refractivity contribution is 5.94. The lowest BCUT2D eigenvalue weighted by Gasteiger charge is -2.32. The van der Waals surface area contributed by atoms with Gasteiger partial charge < -0.3 is 37.9 Å². The van der Waals surface area contributed by atoms with Crippen LogP contribution in [0.15, 0.2) is 34.4 Å². The van der Waals surface area contributed by atoms with E-state index in [1.807, 2.05) is 0 Å². The first-order valence-corrected chi connectivity index (χ1v) is 13.2. The molecule has 0 spiro atoms. The van der Waals surface area contributed by atoms with Crippen LogP contribution in [-0.2, 0) is 61.9 Å². The smallest absolute Gasteiger partial charge is 0.341 e. The zero-order valence-electron chi connectivity index (χ0n) is 23.5. The molecule has 5 aliphatic rings. The Kier molecular flexibility index (Phi) is 7.33. The molecule has 5 rings (SSSR count). The number of fused-ring (bicyclic) bond motifs is 5. The van der Waals surface area contributed by atoms with E-state index in [2.05, 4.69) is 0 Å². The van der Waals surface area contributed by atoms with E-state index in [1.54, 1.807) is 26.8 Å². The summed E-state index contributed by atoms with van der Waals surface area (Å²) in [7, 11) is 0. The minimum atomic E-state index is -1.45. The Balaban J connectivity index is 1.63. The molecule has 8 unspecified atom stereocenters. The number of esters is 5. The molecule has 13 nitrogen and oxygen atoms in total. The van der Waals surface area contributed by atoms with Crippen LogP contribution in [0.1, 0.15) is 41.5 Å². The van der Waals surface area contributed by atoms with Gasteiger partial charge in [-0.3, -0.25) is 9.59 Å². The fourth-order valence-electron chi connectivity index (χ4n) is 5.09. The number of carbonyl (C=O) groups is 5. The van der Waals surface area contributed by atoms with Crippen molar-refractivity contribution in [3.05, 3.63) is 34.4 Å². The third kappa shape index (κ3) is 5.79. The highest BCUT2D eigenvalue weighted by Gasteiger charge is 2.72. The van der Waals surface area contributed by atoms with E-state index in [9.17, 15) is 24.0 Å². The maximum Gasteiger partial charge on any atom is 0.341 e. The van der Waals surface area contributed by atoms with Crippen LogP contribution in [0.5, 0.6) is 0 Å². The van der Waals surface area contributed by atoms with E-state index in [1.165, 1.54) is 19.9 Å². The Hall–Kier alpha value is -3.55. The summed E-state index contributed by atoms with van der Waals surface area (Å²) in [6, 6.07) is 0. The standard InChI is InChI=1S/C28H32O13/c1-12(2)7-18(31)35-9-15-8-17-23(38-17)28(6)24(41-28)22-19(16(25(32)39-22)10-34-13(3)29)21(37-14(4)30)20(15)40-26(33)27(5)11-36-27/h7-8,17,20-24H,9-11H2,1-6H3. The molecule has 0 N–H and O–H groups in total.